The second-order valence-corrected chi connectivity index (χ2v) is 12.9. The zero-order valence-electron chi connectivity index (χ0n) is 21.6. The summed E-state index contributed by atoms with van der Waals surface area (Å²) in [4.78, 5) is 28.9. The molecule has 0 fully saturated rings. The Balaban J connectivity index is 2.08. The quantitative estimate of drug-likeness (QED) is 0.252. The smallest absolute Gasteiger partial charge is 0.244 e. The van der Waals surface area contributed by atoms with E-state index in [1.165, 1.54) is 4.90 Å². The fourth-order valence-corrected chi connectivity index (χ4v) is 5.72. The first kappa shape index (κ1) is 31.2. The van der Waals surface area contributed by atoms with Gasteiger partial charge in [-0.05, 0) is 71.0 Å². The van der Waals surface area contributed by atoms with Gasteiger partial charge >= 0.3 is 0 Å². The van der Waals surface area contributed by atoms with Gasteiger partial charge < -0.3 is 10.2 Å². The van der Waals surface area contributed by atoms with Crippen LogP contribution in [0.3, 0.4) is 0 Å². The van der Waals surface area contributed by atoms with Crippen LogP contribution in [0, 0.1) is 3.57 Å². The number of hydrogen-bond donors (Lipinski definition) is 1. The predicted octanol–water partition coefficient (Wildman–Crippen LogP) is 5.53. The van der Waals surface area contributed by atoms with Crippen LogP contribution in [0.1, 0.15) is 24.5 Å². The molecule has 0 unspecified atom stereocenters. The minimum atomic E-state index is -3.84. The molecule has 0 aliphatic heterocycles. The van der Waals surface area contributed by atoms with E-state index in [9.17, 15) is 18.0 Å². The highest BCUT2D eigenvalue weighted by atomic mass is 127. The normalized spacial score (nSPS) is 12.0. The molecule has 0 aromatic heterocycles. The van der Waals surface area contributed by atoms with Crippen molar-refractivity contribution in [1.82, 2.24) is 10.2 Å². The molecule has 3 rings (SSSR count). The lowest BCUT2D eigenvalue weighted by Gasteiger charge is -2.34. The molecule has 0 radical (unpaired) electrons. The van der Waals surface area contributed by atoms with Crippen LogP contribution < -0.4 is 9.62 Å². The highest BCUT2D eigenvalue weighted by molar-refractivity contribution is 14.1. The van der Waals surface area contributed by atoms with Crippen LogP contribution in [0.4, 0.5) is 5.69 Å². The van der Waals surface area contributed by atoms with Crippen LogP contribution in [0.15, 0.2) is 72.8 Å². The summed E-state index contributed by atoms with van der Waals surface area (Å²) in [6.45, 7) is 1.77. The van der Waals surface area contributed by atoms with Crippen molar-refractivity contribution >= 4 is 73.3 Å². The van der Waals surface area contributed by atoms with Gasteiger partial charge in [0.15, 0.2) is 0 Å². The van der Waals surface area contributed by atoms with Gasteiger partial charge in [-0.3, -0.25) is 13.9 Å². The number of sulfonamides is 1. The third kappa shape index (κ3) is 8.83. The fraction of sp³-hybridized carbons (Fsp3) is 0.286. The molecule has 0 saturated heterocycles. The fourth-order valence-electron chi connectivity index (χ4n) is 3.99. The van der Waals surface area contributed by atoms with Crippen molar-refractivity contribution in [3.63, 3.8) is 0 Å². The number of nitrogens with one attached hydrogen (secondary N) is 1. The Kier molecular flexibility index (Phi) is 11.5. The van der Waals surface area contributed by atoms with E-state index in [-0.39, 0.29) is 18.9 Å². The van der Waals surface area contributed by atoms with Gasteiger partial charge in [0.25, 0.3) is 0 Å². The van der Waals surface area contributed by atoms with Gasteiger partial charge in [0, 0.05) is 38.7 Å². The lowest BCUT2D eigenvalue weighted by Crippen LogP contribution is -2.53. The molecule has 0 aliphatic carbocycles. The maximum atomic E-state index is 14.0. The average molecular weight is 702 g/mol. The first-order valence-corrected chi connectivity index (χ1v) is 16.0. The number of carbonyl (C=O) groups excluding carboxylic acids is 2. The van der Waals surface area contributed by atoms with E-state index >= 15 is 0 Å². The van der Waals surface area contributed by atoms with Gasteiger partial charge in [-0.25, -0.2) is 8.42 Å². The molecule has 3 aromatic rings. The monoisotopic (exact) mass is 701 g/mol. The van der Waals surface area contributed by atoms with Crippen molar-refractivity contribution in [2.45, 2.75) is 32.4 Å². The second-order valence-electron chi connectivity index (χ2n) is 8.96. The van der Waals surface area contributed by atoms with Crippen LogP contribution in [0.2, 0.25) is 10.0 Å². The van der Waals surface area contributed by atoms with E-state index in [2.05, 4.69) is 27.9 Å². The Morgan fingerprint density at radius 1 is 0.949 bits per heavy atom. The Labute approximate surface area is 253 Å². The van der Waals surface area contributed by atoms with E-state index in [0.717, 1.165) is 19.7 Å². The zero-order chi connectivity index (χ0) is 28.6. The molecule has 0 spiro atoms. The van der Waals surface area contributed by atoms with E-state index in [1.54, 1.807) is 42.5 Å². The summed E-state index contributed by atoms with van der Waals surface area (Å²) in [7, 11) is -3.84. The SMILES string of the molecule is CCCNC(=O)[C@@H](Cc1ccccc1)N(Cc1c(Cl)cccc1Cl)C(=O)CN(c1ccc(I)cc1)S(C)(=O)=O. The van der Waals surface area contributed by atoms with Gasteiger partial charge in [0.05, 0.1) is 11.9 Å². The zero-order valence-corrected chi connectivity index (χ0v) is 26.1. The van der Waals surface area contributed by atoms with Gasteiger partial charge in [0.1, 0.15) is 12.6 Å². The molecular weight excluding hydrogens is 672 g/mol. The highest BCUT2D eigenvalue weighted by Crippen LogP contribution is 2.28. The lowest BCUT2D eigenvalue weighted by atomic mass is 10.0. The standard InChI is InChI=1S/C28H30Cl2IN3O4S/c1-3-16-32-28(36)26(17-20-8-5-4-6-9-20)33(18-23-24(29)10-7-11-25(23)30)27(35)19-34(39(2,37)38)22-14-12-21(31)13-15-22/h4-15,26H,3,16-19H2,1-2H3,(H,32,36)/t26-/m1/s1. The molecular formula is C28H30Cl2IN3O4S. The van der Waals surface area contributed by atoms with Gasteiger partial charge in [0.2, 0.25) is 21.8 Å². The maximum Gasteiger partial charge on any atom is 0.244 e. The second kappa shape index (κ2) is 14.3. The number of halogens is 3. The van der Waals surface area contributed by atoms with Crippen LogP contribution in [0.25, 0.3) is 0 Å². The van der Waals surface area contributed by atoms with Crippen molar-refractivity contribution in [2.75, 3.05) is 23.7 Å². The van der Waals surface area contributed by atoms with E-state index < -0.39 is 28.5 Å². The predicted molar refractivity (Wildman–Crippen MR) is 166 cm³/mol. The molecule has 39 heavy (non-hydrogen) atoms. The maximum absolute atomic E-state index is 14.0. The molecule has 1 atom stereocenters. The number of hydrogen-bond acceptors (Lipinski definition) is 4. The minimum absolute atomic E-state index is 0.0846. The number of amides is 2. The number of nitrogens with zero attached hydrogens (tertiary/aromatic N) is 2. The minimum Gasteiger partial charge on any atom is -0.354 e. The summed E-state index contributed by atoms with van der Waals surface area (Å²) in [5, 5.41) is 3.57. The number of anilines is 1. The van der Waals surface area contributed by atoms with Crippen molar-refractivity contribution < 1.29 is 18.0 Å². The summed E-state index contributed by atoms with van der Waals surface area (Å²) < 4.78 is 27.6. The summed E-state index contributed by atoms with van der Waals surface area (Å²) in [6.07, 6.45) is 1.97. The third-order valence-electron chi connectivity index (χ3n) is 6.00. The lowest BCUT2D eigenvalue weighted by molar-refractivity contribution is -0.140. The number of carbonyl (C=O) groups is 2. The topological polar surface area (TPSA) is 86.8 Å². The summed E-state index contributed by atoms with van der Waals surface area (Å²) in [5.74, 6) is -0.917. The van der Waals surface area contributed by atoms with E-state index in [4.69, 9.17) is 23.2 Å². The molecule has 0 aliphatic rings. The number of benzene rings is 3. The summed E-state index contributed by atoms with van der Waals surface area (Å²) >= 11 is 15.1. The van der Waals surface area contributed by atoms with Gasteiger partial charge in [-0.1, -0.05) is 66.5 Å². The summed E-state index contributed by atoms with van der Waals surface area (Å²) in [5.41, 5.74) is 1.66. The first-order valence-electron chi connectivity index (χ1n) is 12.3. The first-order chi connectivity index (χ1) is 18.5. The molecule has 0 bridgehead atoms. The van der Waals surface area contributed by atoms with Crippen molar-refractivity contribution in [2.24, 2.45) is 0 Å². The van der Waals surface area contributed by atoms with Crippen LogP contribution in [-0.2, 0) is 32.6 Å². The Morgan fingerprint density at radius 2 is 1.56 bits per heavy atom. The Morgan fingerprint density at radius 3 is 2.13 bits per heavy atom. The van der Waals surface area contributed by atoms with Gasteiger partial charge in [-0.2, -0.15) is 0 Å². The highest BCUT2D eigenvalue weighted by Gasteiger charge is 2.33. The number of rotatable bonds is 12. The Bertz CT molecular complexity index is 1370. The van der Waals surface area contributed by atoms with Crippen molar-refractivity contribution in [3.8, 4) is 0 Å². The van der Waals surface area contributed by atoms with Crippen molar-refractivity contribution in [3.05, 3.63) is 97.5 Å². The largest absolute Gasteiger partial charge is 0.354 e. The average Bonchev–Trinajstić information content (AvgIpc) is 2.89. The molecule has 0 saturated carbocycles. The third-order valence-corrected chi connectivity index (χ3v) is 8.57. The molecule has 0 heterocycles. The molecule has 2 amide bonds. The van der Waals surface area contributed by atoms with Crippen molar-refractivity contribution in [1.29, 1.82) is 0 Å². The van der Waals surface area contributed by atoms with E-state index in [0.29, 0.717) is 34.3 Å². The van der Waals surface area contributed by atoms with Crippen LogP contribution in [-0.4, -0.2) is 50.5 Å². The molecule has 11 heteroatoms. The molecule has 208 valence electrons. The molecule has 3 aromatic carbocycles. The van der Waals surface area contributed by atoms with Gasteiger partial charge in [-0.15, -0.1) is 0 Å². The summed E-state index contributed by atoms with van der Waals surface area (Å²) in [6, 6.07) is 20.2. The Hall–Kier alpha value is -2.34. The van der Waals surface area contributed by atoms with Crippen LogP contribution in [0.5, 0.6) is 0 Å². The van der Waals surface area contributed by atoms with E-state index in [1.807, 2.05) is 37.3 Å². The molecule has 7 nitrogen and oxygen atoms in total. The van der Waals surface area contributed by atoms with Crippen LogP contribution >= 0.6 is 45.8 Å². The molecule has 1 N–H and O–H groups in total.